The summed E-state index contributed by atoms with van der Waals surface area (Å²) in [6, 6.07) is 19.0. The van der Waals surface area contributed by atoms with Gasteiger partial charge in [0.2, 0.25) is 5.91 Å². The number of carbonyl (C=O) groups is 4. The van der Waals surface area contributed by atoms with Gasteiger partial charge in [0.25, 0.3) is 5.91 Å². The Labute approximate surface area is 190 Å². The van der Waals surface area contributed by atoms with Gasteiger partial charge in [-0.2, -0.15) is 0 Å². The molecule has 1 aliphatic carbocycles. The van der Waals surface area contributed by atoms with Crippen molar-refractivity contribution in [3.05, 3.63) is 95.1 Å². The van der Waals surface area contributed by atoms with Crippen LogP contribution in [0, 0.1) is 0 Å². The molecular weight excluding hydrogens is 420 g/mol. The van der Waals surface area contributed by atoms with Crippen LogP contribution in [0.1, 0.15) is 38.8 Å². The van der Waals surface area contributed by atoms with E-state index in [1.54, 1.807) is 42.5 Å². The third-order valence-corrected chi connectivity index (χ3v) is 5.63. The number of ketones is 1. The van der Waals surface area contributed by atoms with Gasteiger partial charge in [0.15, 0.2) is 5.78 Å². The van der Waals surface area contributed by atoms with Crippen molar-refractivity contribution >= 4 is 23.6 Å². The second kappa shape index (κ2) is 9.08. The lowest BCUT2D eigenvalue weighted by Crippen LogP contribution is -2.51. The van der Waals surface area contributed by atoms with Crippen molar-refractivity contribution < 1.29 is 24.3 Å². The summed E-state index contributed by atoms with van der Waals surface area (Å²) in [6.07, 6.45) is 0.176. The van der Waals surface area contributed by atoms with Gasteiger partial charge in [-0.15, -0.1) is 0 Å². The van der Waals surface area contributed by atoms with Crippen LogP contribution in [0.4, 0.5) is 0 Å². The summed E-state index contributed by atoms with van der Waals surface area (Å²) in [5.41, 5.74) is 3.26. The number of carbonyl (C=O) groups excluding carboxylic acids is 3. The monoisotopic (exact) mass is 442 g/mol. The summed E-state index contributed by atoms with van der Waals surface area (Å²) in [4.78, 5) is 50.2. The molecule has 2 atom stereocenters. The molecule has 7 heteroatoms. The minimum atomic E-state index is -1.18. The van der Waals surface area contributed by atoms with E-state index >= 15 is 0 Å². The predicted octanol–water partition coefficient (Wildman–Crippen LogP) is 2.83. The fourth-order valence-electron chi connectivity index (χ4n) is 3.94. The second-order valence-electron chi connectivity index (χ2n) is 7.89. The number of amides is 2. The third-order valence-electron chi connectivity index (χ3n) is 5.63. The standard InChI is InChI=1S/C26H22N2O5/c1-15(26(32)33)27-25(31)21(14-16-8-3-2-4-9-16)28-24(30)20-13-7-12-19-22(20)17-10-5-6-11-18(17)23(19)29/h2-13,15,21H,14H2,1H3,(H,27,31)(H,28,30)(H,32,33). The molecule has 3 aromatic carbocycles. The lowest BCUT2D eigenvalue weighted by molar-refractivity contribution is -0.141. The minimum absolute atomic E-state index is 0.149. The van der Waals surface area contributed by atoms with Crippen LogP contribution in [0.2, 0.25) is 0 Å². The maximum Gasteiger partial charge on any atom is 0.325 e. The fourth-order valence-corrected chi connectivity index (χ4v) is 3.94. The van der Waals surface area contributed by atoms with Crippen molar-refractivity contribution in [2.75, 3.05) is 0 Å². The largest absolute Gasteiger partial charge is 0.480 e. The molecule has 0 saturated heterocycles. The summed E-state index contributed by atoms with van der Waals surface area (Å²) in [6.45, 7) is 1.36. The number of carboxylic acids is 1. The van der Waals surface area contributed by atoms with Crippen LogP contribution in [0.5, 0.6) is 0 Å². The lowest BCUT2D eigenvalue weighted by atomic mass is 9.98. The van der Waals surface area contributed by atoms with Gasteiger partial charge in [-0.3, -0.25) is 19.2 Å². The highest BCUT2D eigenvalue weighted by Gasteiger charge is 2.32. The molecule has 0 aliphatic heterocycles. The average Bonchev–Trinajstić information content (AvgIpc) is 3.11. The van der Waals surface area contributed by atoms with E-state index in [0.29, 0.717) is 22.3 Å². The molecule has 1 aliphatic rings. The highest BCUT2D eigenvalue weighted by Crippen LogP contribution is 2.38. The van der Waals surface area contributed by atoms with Gasteiger partial charge in [-0.1, -0.05) is 66.7 Å². The normalized spacial score (nSPS) is 13.4. The van der Waals surface area contributed by atoms with Gasteiger partial charge in [-0.05, 0) is 24.1 Å². The second-order valence-corrected chi connectivity index (χ2v) is 7.89. The van der Waals surface area contributed by atoms with Gasteiger partial charge in [0, 0.05) is 28.7 Å². The van der Waals surface area contributed by atoms with Gasteiger partial charge in [-0.25, -0.2) is 0 Å². The average molecular weight is 442 g/mol. The van der Waals surface area contributed by atoms with Gasteiger partial charge in [0.05, 0.1) is 0 Å². The SMILES string of the molecule is CC(NC(=O)C(Cc1ccccc1)NC(=O)c1cccc2c1-c1ccccc1C2=O)C(=O)O. The van der Waals surface area contributed by atoms with Crippen LogP contribution in [0.15, 0.2) is 72.8 Å². The number of hydrogen-bond acceptors (Lipinski definition) is 4. The number of fused-ring (bicyclic) bond motifs is 3. The van der Waals surface area contributed by atoms with E-state index in [-0.39, 0.29) is 17.8 Å². The van der Waals surface area contributed by atoms with E-state index in [1.165, 1.54) is 6.92 Å². The molecule has 7 nitrogen and oxygen atoms in total. The summed E-state index contributed by atoms with van der Waals surface area (Å²) >= 11 is 0. The Bertz CT molecular complexity index is 1250. The first-order chi connectivity index (χ1) is 15.9. The molecule has 0 heterocycles. The predicted molar refractivity (Wildman–Crippen MR) is 122 cm³/mol. The summed E-state index contributed by atoms with van der Waals surface area (Å²) in [5, 5.41) is 14.3. The molecule has 0 aromatic heterocycles. The number of benzene rings is 3. The maximum absolute atomic E-state index is 13.3. The first kappa shape index (κ1) is 22.0. The van der Waals surface area contributed by atoms with E-state index in [4.69, 9.17) is 5.11 Å². The van der Waals surface area contributed by atoms with E-state index in [1.807, 2.05) is 30.3 Å². The van der Waals surface area contributed by atoms with Crippen LogP contribution in [-0.4, -0.2) is 40.8 Å². The van der Waals surface area contributed by atoms with Gasteiger partial charge >= 0.3 is 5.97 Å². The molecule has 4 rings (SSSR count). The summed E-state index contributed by atoms with van der Waals surface area (Å²) < 4.78 is 0. The Morgan fingerprint density at radius 1 is 0.818 bits per heavy atom. The van der Waals surface area contributed by atoms with Gasteiger partial charge < -0.3 is 15.7 Å². The van der Waals surface area contributed by atoms with Crippen LogP contribution in [0.3, 0.4) is 0 Å². The third kappa shape index (κ3) is 4.39. The zero-order chi connectivity index (χ0) is 23.5. The Hall–Kier alpha value is -4.26. The highest BCUT2D eigenvalue weighted by atomic mass is 16.4. The quantitative estimate of drug-likeness (QED) is 0.407. The van der Waals surface area contributed by atoms with Crippen molar-refractivity contribution in [3.8, 4) is 11.1 Å². The zero-order valence-electron chi connectivity index (χ0n) is 17.9. The molecule has 0 fully saturated rings. The Balaban J connectivity index is 1.65. The van der Waals surface area contributed by atoms with Crippen LogP contribution < -0.4 is 10.6 Å². The minimum Gasteiger partial charge on any atom is -0.480 e. The number of hydrogen-bond donors (Lipinski definition) is 3. The van der Waals surface area contributed by atoms with Crippen LogP contribution in [0.25, 0.3) is 11.1 Å². The van der Waals surface area contributed by atoms with Crippen LogP contribution >= 0.6 is 0 Å². The molecule has 3 aromatic rings. The first-order valence-corrected chi connectivity index (χ1v) is 10.5. The molecule has 0 bridgehead atoms. The van der Waals surface area contributed by atoms with E-state index in [9.17, 15) is 19.2 Å². The smallest absolute Gasteiger partial charge is 0.325 e. The van der Waals surface area contributed by atoms with Gasteiger partial charge in [0.1, 0.15) is 12.1 Å². The van der Waals surface area contributed by atoms with E-state index in [2.05, 4.69) is 10.6 Å². The molecule has 0 saturated carbocycles. The van der Waals surface area contributed by atoms with Crippen molar-refractivity contribution in [2.24, 2.45) is 0 Å². The van der Waals surface area contributed by atoms with Crippen molar-refractivity contribution in [3.63, 3.8) is 0 Å². The summed E-state index contributed by atoms with van der Waals surface area (Å²) in [5.74, 6) is -2.45. The number of rotatable bonds is 7. The molecular formula is C26H22N2O5. The lowest BCUT2D eigenvalue weighted by Gasteiger charge is -2.21. The Morgan fingerprint density at radius 2 is 1.45 bits per heavy atom. The Morgan fingerprint density at radius 3 is 2.15 bits per heavy atom. The number of nitrogens with one attached hydrogen (secondary N) is 2. The van der Waals surface area contributed by atoms with E-state index in [0.717, 1.165) is 5.56 Å². The Kier molecular flexibility index (Phi) is 6.04. The topological polar surface area (TPSA) is 113 Å². The van der Waals surface area contributed by atoms with Crippen molar-refractivity contribution in [2.45, 2.75) is 25.4 Å². The molecule has 166 valence electrons. The highest BCUT2D eigenvalue weighted by molar-refractivity contribution is 6.24. The molecule has 2 unspecified atom stereocenters. The van der Waals surface area contributed by atoms with Crippen LogP contribution in [-0.2, 0) is 16.0 Å². The number of aliphatic carboxylic acids is 1. The first-order valence-electron chi connectivity index (χ1n) is 10.5. The maximum atomic E-state index is 13.3. The molecule has 0 radical (unpaired) electrons. The summed E-state index contributed by atoms with van der Waals surface area (Å²) in [7, 11) is 0. The fraction of sp³-hybridized carbons (Fsp3) is 0.154. The molecule has 0 spiro atoms. The van der Waals surface area contributed by atoms with E-state index < -0.39 is 29.9 Å². The van der Waals surface area contributed by atoms with Crippen molar-refractivity contribution in [1.29, 1.82) is 0 Å². The van der Waals surface area contributed by atoms with Crippen molar-refractivity contribution in [1.82, 2.24) is 10.6 Å². The molecule has 2 amide bonds. The molecule has 3 N–H and O–H groups in total. The molecule has 33 heavy (non-hydrogen) atoms. The number of carboxylic acid groups (broad SMARTS) is 1. The zero-order valence-corrected chi connectivity index (χ0v) is 17.9.